The van der Waals surface area contributed by atoms with Crippen molar-refractivity contribution in [3.05, 3.63) is 41.1 Å². The number of fused-ring (bicyclic) bond motifs is 1. The second-order valence-electron chi connectivity index (χ2n) is 4.57. The Balaban J connectivity index is 1.55. The van der Waals surface area contributed by atoms with Gasteiger partial charge in [-0.1, -0.05) is 24.3 Å². The fraction of sp³-hybridized carbons (Fsp3) is 0.385. The number of aliphatic hydroxyl groups is 1. The van der Waals surface area contributed by atoms with Crippen molar-refractivity contribution in [2.75, 3.05) is 19.8 Å². The molecule has 84 valence electrons. The van der Waals surface area contributed by atoms with Crippen LogP contribution in [0.4, 0.5) is 0 Å². The van der Waals surface area contributed by atoms with E-state index in [2.05, 4.69) is 40.6 Å². The van der Waals surface area contributed by atoms with Gasteiger partial charge in [0.05, 0.1) is 12.8 Å². The Morgan fingerprint density at radius 1 is 1.31 bits per heavy atom. The molecule has 0 amide bonds. The van der Waals surface area contributed by atoms with E-state index in [1.54, 1.807) is 0 Å². The van der Waals surface area contributed by atoms with E-state index in [1.807, 2.05) is 0 Å². The van der Waals surface area contributed by atoms with Crippen LogP contribution in [0.5, 0.6) is 0 Å². The number of likely N-dealkylation sites (tertiary alicyclic amines) is 1. The highest BCUT2D eigenvalue weighted by atomic mass is 16.3. The minimum Gasteiger partial charge on any atom is -0.390 e. The lowest BCUT2D eigenvalue weighted by molar-refractivity contribution is -0.000724. The molecule has 1 aromatic carbocycles. The van der Waals surface area contributed by atoms with Gasteiger partial charge in [0.1, 0.15) is 0 Å². The predicted octanol–water partition coefficient (Wildman–Crippen LogP) is 0.807. The van der Waals surface area contributed by atoms with Crippen LogP contribution in [0.3, 0.4) is 0 Å². The summed E-state index contributed by atoms with van der Waals surface area (Å²) in [7, 11) is 0. The van der Waals surface area contributed by atoms with E-state index >= 15 is 0 Å². The number of β-amino-alcohol motifs (C(OH)–C–C–N with tert-alkyl or cyclic N) is 1. The van der Waals surface area contributed by atoms with E-state index in [0.717, 1.165) is 26.2 Å². The number of nitrogens with zero attached hydrogens (tertiary/aromatic N) is 1. The number of allylic oxidation sites excluding steroid dienone is 1. The molecule has 2 N–H and O–H groups in total. The zero-order chi connectivity index (χ0) is 11.0. The van der Waals surface area contributed by atoms with Crippen LogP contribution < -0.4 is 5.32 Å². The summed E-state index contributed by atoms with van der Waals surface area (Å²) in [5.74, 6) is 0. The second kappa shape index (κ2) is 3.92. The van der Waals surface area contributed by atoms with Crippen molar-refractivity contribution >= 4 is 6.08 Å². The fourth-order valence-corrected chi connectivity index (χ4v) is 2.28. The molecule has 3 heteroatoms. The number of hydrogen-bond acceptors (Lipinski definition) is 3. The maximum Gasteiger partial charge on any atom is 0.0795 e. The first kappa shape index (κ1) is 9.87. The quantitative estimate of drug-likeness (QED) is 0.785. The van der Waals surface area contributed by atoms with Crippen molar-refractivity contribution < 1.29 is 5.11 Å². The number of nitrogens with one attached hydrogen (secondary N) is 1. The van der Waals surface area contributed by atoms with Gasteiger partial charge in [0.2, 0.25) is 0 Å². The number of hydrogen-bond donors (Lipinski definition) is 2. The Bertz CT molecular complexity index is 422. The van der Waals surface area contributed by atoms with Gasteiger partial charge >= 0.3 is 0 Å². The molecule has 0 bridgehead atoms. The first-order valence-electron chi connectivity index (χ1n) is 5.74. The zero-order valence-electron chi connectivity index (χ0n) is 9.19. The minimum atomic E-state index is -0.114. The summed E-state index contributed by atoms with van der Waals surface area (Å²) in [4.78, 5) is 2.20. The molecule has 1 aliphatic carbocycles. The smallest absolute Gasteiger partial charge is 0.0795 e. The third-order valence-electron chi connectivity index (χ3n) is 3.23. The molecule has 0 saturated carbocycles. The molecule has 0 spiro atoms. The molecular weight excluding hydrogens is 200 g/mol. The van der Waals surface area contributed by atoms with Gasteiger partial charge in [-0.25, -0.2) is 0 Å². The Labute approximate surface area is 95.4 Å². The molecule has 16 heavy (non-hydrogen) atoms. The first-order valence-corrected chi connectivity index (χ1v) is 5.74. The third kappa shape index (κ3) is 1.84. The first-order chi connectivity index (χ1) is 7.81. The van der Waals surface area contributed by atoms with E-state index in [-0.39, 0.29) is 6.10 Å². The van der Waals surface area contributed by atoms with Crippen LogP contribution >= 0.6 is 0 Å². The number of rotatable bonds is 3. The van der Waals surface area contributed by atoms with Gasteiger partial charge in [0.15, 0.2) is 0 Å². The van der Waals surface area contributed by atoms with Gasteiger partial charge in [-0.2, -0.15) is 0 Å². The molecule has 1 heterocycles. The van der Waals surface area contributed by atoms with Gasteiger partial charge in [0.25, 0.3) is 0 Å². The molecule has 2 aliphatic rings. The predicted molar refractivity (Wildman–Crippen MR) is 63.7 cm³/mol. The zero-order valence-corrected chi connectivity index (χ0v) is 9.19. The largest absolute Gasteiger partial charge is 0.390 e. The highest BCUT2D eigenvalue weighted by Crippen LogP contribution is 2.22. The van der Waals surface area contributed by atoms with E-state index in [9.17, 15) is 0 Å². The Kier molecular flexibility index (Phi) is 2.42. The summed E-state index contributed by atoms with van der Waals surface area (Å²) >= 11 is 0. The third-order valence-corrected chi connectivity index (χ3v) is 3.23. The molecule has 0 unspecified atom stereocenters. The van der Waals surface area contributed by atoms with Crippen molar-refractivity contribution in [1.82, 2.24) is 10.2 Å². The maximum absolute atomic E-state index is 9.17. The average Bonchev–Trinajstić information content (AvgIpc) is 2.65. The monoisotopic (exact) mass is 216 g/mol. The molecule has 0 aromatic heterocycles. The van der Waals surface area contributed by atoms with E-state index in [0.29, 0.717) is 0 Å². The molecule has 3 rings (SSSR count). The van der Waals surface area contributed by atoms with Crippen molar-refractivity contribution in [3.63, 3.8) is 0 Å². The van der Waals surface area contributed by atoms with Crippen LogP contribution in [0.1, 0.15) is 11.1 Å². The Morgan fingerprint density at radius 2 is 2.12 bits per heavy atom. The van der Waals surface area contributed by atoms with Crippen molar-refractivity contribution in [1.29, 1.82) is 0 Å². The summed E-state index contributed by atoms with van der Waals surface area (Å²) in [5, 5.41) is 12.6. The maximum atomic E-state index is 9.17. The Hall–Kier alpha value is -1.32. The van der Waals surface area contributed by atoms with E-state index in [1.165, 1.54) is 16.8 Å². The van der Waals surface area contributed by atoms with Gasteiger partial charge < -0.3 is 10.4 Å². The van der Waals surface area contributed by atoms with Crippen molar-refractivity contribution in [3.8, 4) is 0 Å². The van der Waals surface area contributed by atoms with Crippen LogP contribution in [-0.2, 0) is 6.42 Å². The molecular formula is C13H16N2O. The van der Waals surface area contributed by atoms with E-state index in [4.69, 9.17) is 5.11 Å². The standard InChI is InChI=1S/C13H16N2O/c16-13-7-15(8-13)9-14-12-5-10-3-1-2-4-11(10)6-12/h1-5,13-14,16H,6-9H2. The lowest BCUT2D eigenvalue weighted by Gasteiger charge is -2.36. The number of benzene rings is 1. The lowest BCUT2D eigenvalue weighted by Crippen LogP contribution is -2.53. The van der Waals surface area contributed by atoms with Crippen LogP contribution in [0.15, 0.2) is 30.0 Å². The molecule has 1 aliphatic heterocycles. The minimum absolute atomic E-state index is 0.114. The topological polar surface area (TPSA) is 35.5 Å². The van der Waals surface area contributed by atoms with Crippen LogP contribution in [-0.4, -0.2) is 35.9 Å². The van der Waals surface area contributed by atoms with Gasteiger partial charge in [-0.15, -0.1) is 0 Å². The fourth-order valence-electron chi connectivity index (χ4n) is 2.28. The van der Waals surface area contributed by atoms with Gasteiger partial charge in [-0.05, 0) is 17.2 Å². The molecule has 3 nitrogen and oxygen atoms in total. The summed E-state index contributed by atoms with van der Waals surface area (Å²) < 4.78 is 0. The summed E-state index contributed by atoms with van der Waals surface area (Å²) in [5.41, 5.74) is 4.00. The number of aliphatic hydroxyl groups excluding tert-OH is 1. The summed E-state index contributed by atoms with van der Waals surface area (Å²) in [6.07, 6.45) is 3.11. The molecule has 1 fully saturated rings. The van der Waals surface area contributed by atoms with Crippen molar-refractivity contribution in [2.24, 2.45) is 0 Å². The lowest BCUT2D eigenvalue weighted by atomic mass is 10.1. The molecule has 1 saturated heterocycles. The van der Waals surface area contributed by atoms with E-state index < -0.39 is 0 Å². The highest BCUT2D eigenvalue weighted by molar-refractivity contribution is 5.62. The SMILES string of the molecule is OC1CN(CNC2=Cc3ccccc3C2)C1. The highest BCUT2D eigenvalue weighted by Gasteiger charge is 2.24. The normalized spacial score (nSPS) is 20.2. The second-order valence-corrected chi connectivity index (χ2v) is 4.57. The van der Waals surface area contributed by atoms with Gasteiger partial charge in [-0.3, -0.25) is 4.90 Å². The Morgan fingerprint density at radius 3 is 2.88 bits per heavy atom. The summed E-state index contributed by atoms with van der Waals surface area (Å²) in [6, 6.07) is 8.48. The van der Waals surface area contributed by atoms with Crippen LogP contribution in [0.25, 0.3) is 6.08 Å². The van der Waals surface area contributed by atoms with Crippen LogP contribution in [0, 0.1) is 0 Å². The summed E-state index contributed by atoms with van der Waals surface area (Å²) in [6.45, 7) is 2.44. The molecule has 1 aromatic rings. The molecule has 0 atom stereocenters. The van der Waals surface area contributed by atoms with Crippen LogP contribution in [0.2, 0.25) is 0 Å². The average molecular weight is 216 g/mol. The van der Waals surface area contributed by atoms with Crippen molar-refractivity contribution in [2.45, 2.75) is 12.5 Å². The molecule has 0 radical (unpaired) electrons. The van der Waals surface area contributed by atoms with Gasteiger partial charge in [0, 0.05) is 25.2 Å².